The van der Waals surface area contributed by atoms with E-state index in [-0.39, 0.29) is 0 Å². The molecule has 1 radical (unpaired) electrons. The first kappa shape index (κ1) is 6.28. The molecule has 0 bridgehead atoms. The summed E-state index contributed by atoms with van der Waals surface area (Å²) in [6.45, 7) is 2.03. The van der Waals surface area contributed by atoms with Crippen LogP contribution in [0.3, 0.4) is 0 Å². The second kappa shape index (κ2) is 5.28. The van der Waals surface area contributed by atoms with E-state index in [1.165, 1.54) is 6.08 Å². The van der Waals surface area contributed by atoms with Crippen LogP contribution in [0.4, 0.5) is 0 Å². The predicted molar refractivity (Wildman–Crippen MR) is 29.9 cm³/mol. The Kier molecular flexibility index (Phi) is 4.74. The lowest BCUT2D eigenvalue weighted by Gasteiger charge is -1.69. The predicted octanol–water partition coefficient (Wildman–Crippen LogP) is 1.83. The van der Waals surface area contributed by atoms with Crippen LogP contribution in [0.15, 0.2) is 18.2 Å². The third-order valence-electron chi connectivity index (χ3n) is 0.543. The molecule has 0 aromatic carbocycles. The highest BCUT2D eigenvalue weighted by molar-refractivity contribution is 4.95. The standard InChI is InChI=1S/C6H9O/c1-2-3-4-5-6-7/h3-5,7H,2H2,1H3. The lowest BCUT2D eigenvalue weighted by Crippen LogP contribution is -1.51. The Labute approximate surface area is 44.0 Å². The van der Waals surface area contributed by atoms with Crippen LogP contribution in [0.2, 0.25) is 0 Å². The Morgan fingerprint density at radius 3 is 2.86 bits per heavy atom. The summed E-state index contributed by atoms with van der Waals surface area (Å²) in [5, 5.41) is 7.94. The summed E-state index contributed by atoms with van der Waals surface area (Å²) in [4.78, 5) is 0. The number of hydrogen-bond donors (Lipinski definition) is 1. The van der Waals surface area contributed by atoms with Crippen LogP contribution in [-0.4, -0.2) is 5.11 Å². The summed E-state index contributed by atoms with van der Waals surface area (Å²) < 4.78 is 0. The lowest BCUT2D eigenvalue weighted by molar-refractivity contribution is 0.442. The molecule has 0 saturated carbocycles. The molecule has 1 heteroatoms. The van der Waals surface area contributed by atoms with E-state index < -0.39 is 0 Å². The molecule has 0 aromatic heterocycles. The molecule has 0 amide bonds. The Hall–Kier alpha value is -0.720. The van der Waals surface area contributed by atoms with Gasteiger partial charge in [-0.1, -0.05) is 19.1 Å². The SMILES string of the molecule is CCC=C/C=[C]/O. The minimum Gasteiger partial charge on any atom is -0.504 e. The molecule has 39 valence electrons. The monoisotopic (exact) mass is 97.1 g/mol. The molecule has 0 fully saturated rings. The van der Waals surface area contributed by atoms with Gasteiger partial charge in [0.15, 0.2) is 6.26 Å². The molecular weight excluding hydrogens is 88.1 g/mol. The molecular formula is C6H9O. The highest BCUT2D eigenvalue weighted by atomic mass is 16.2. The largest absolute Gasteiger partial charge is 0.504 e. The van der Waals surface area contributed by atoms with Gasteiger partial charge in [-0.15, -0.1) is 0 Å². The smallest absolute Gasteiger partial charge is 0.157 e. The van der Waals surface area contributed by atoms with E-state index in [4.69, 9.17) is 5.11 Å². The van der Waals surface area contributed by atoms with E-state index in [9.17, 15) is 0 Å². The van der Waals surface area contributed by atoms with Gasteiger partial charge in [0.2, 0.25) is 0 Å². The quantitative estimate of drug-likeness (QED) is 0.411. The topological polar surface area (TPSA) is 20.2 Å². The van der Waals surface area contributed by atoms with E-state index >= 15 is 0 Å². The molecule has 0 aliphatic rings. The van der Waals surface area contributed by atoms with Crippen LogP contribution in [0.1, 0.15) is 13.3 Å². The summed E-state index contributed by atoms with van der Waals surface area (Å²) in [6, 6.07) is 0. The second-order valence-electron chi connectivity index (χ2n) is 1.13. The van der Waals surface area contributed by atoms with Crippen LogP contribution in [-0.2, 0) is 0 Å². The van der Waals surface area contributed by atoms with Crippen LogP contribution in [0.25, 0.3) is 0 Å². The normalized spacial score (nSPS) is 11.6. The summed E-state index contributed by atoms with van der Waals surface area (Å²) in [5.41, 5.74) is 0. The zero-order valence-corrected chi connectivity index (χ0v) is 4.39. The Morgan fingerprint density at radius 2 is 2.43 bits per heavy atom. The van der Waals surface area contributed by atoms with Crippen LogP contribution < -0.4 is 0 Å². The summed E-state index contributed by atoms with van der Waals surface area (Å²) in [7, 11) is 0. The average Bonchev–Trinajstić information content (AvgIpc) is 1.69. The van der Waals surface area contributed by atoms with E-state index in [1.54, 1.807) is 6.08 Å². The van der Waals surface area contributed by atoms with Crippen LogP contribution >= 0.6 is 0 Å². The Bertz CT molecular complexity index is 72.2. The molecule has 0 atom stereocenters. The van der Waals surface area contributed by atoms with Gasteiger partial charge in [0.1, 0.15) is 0 Å². The third kappa shape index (κ3) is 5.28. The van der Waals surface area contributed by atoms with Crippen LogP contribution in [0, 0.1) is 6.26 Å². The minimum atomic E-state index is 0.998. The summed E-state index contributed by atoms with van der Waals surface area (Å²) in [6.07, 6.45) is 8.03. The van der Waals surface area contributed by atoms with Crippen LogP contribution in [0.5, 0.6) is 0 Å². The highest BCUT2D eigenvalue weighted by Crippen LogP contribution is 1.78. The number of hydrogen-bond acceptors (Lipinski definition) is 1. The van der Waals surface area contributed by atoms with Gasteiger partial charge >= 0.3 is 0 Å². The van der Waals surface area contributed by atoms with Crippen molar-refractivity contribution in [3.05, 3.63) is 24.5 Å². The second-order valence-corrected chi connectivity index (χ2v) is 1.13. The third-order valence-corrected chi connectivity index (χ3v) is 0.543. The van der Waals surface area contributed by atoms with Crippen molar-refractivity contribution in [3.8, 4) is 0 Å². The number of allylic oxidation sites excluding steroid dienone is 3. The zero-order valence-electron chi connectivity index (χ0n) is 4.39. The van der Waals surface area contributed by atoms with E-state index in [0.717, 1.165) is 6.42 Å². The van der Waals surface area contributed by atoms with E-state index in [1.807, 2.05) is 19.3 Å². The summed E-state index contributed by atoms with van der Waals surface area (Å²) in [5.74, 6) is 0. The molecule has 0 aliphatic carbocycles. The van der Waals surface area contributed by atoms with Crippen molar-refractivity contribution in [2.45, 2.75) is 13.3 Å². The van der Waals surface area contributed by atoms with Gasteiger partial charge in [-0.3, -0.25) is 0 Å². The van der Waals surface area contributed by atoms with Crippen molar-refractivity contribution in [2.75, 3.05) is 0 Å². The van der Waals surface area contributed by atoms with Gasteiger partial charge in [0.25, 0.3) is 0 Å². The first-order valence-electron chi connectivity index (χ1n) is 2.29. The molecule has 0 unspecified atom stereocenters. The molecule has 0 aromatic rings. The number of aliphatic hydroxyl groups is 1. The fraction of sp³-hybridized carbons (Fsp3) is 0.333. The zero-order chi connectivity index (χ0) is 5.54. The van der Waals surface area contributed by atoms with Gasteiger partial charge in [0, 0.05) is 0 Å². The average molecular weight is 97.1 g/mol. The van der Waals surface area contributed by atoms with Gasteiger partial charge in [-0.25, -0.2) is 0 Å². The fourth-order valence-electron chi connectivity index (χ4n) is 0.247. The Balaban J connectivity index is 3.09. The van der Waals surface area contributed by atoms with Gasteiger partial charge in [-0.2, -0.15) is 0 Å². The maximum Gasteiger partial charge on any atom is 0.157 e. The van der Waals surface area contributed by atoms with Crippen molar-refractivity contribution < 1.29 is 5.11 Å². The van der Waals surface area contributed by atoms with Crippen molar-refractivity contribution in [1.82, 2.24) is 0 Å². The maximum atomic E-state index is 7.94. The first-order chi connectivity index (χ1) is 3.41. The first-order valence-corrected chi connectivity index (χ1v) is 2.29. The summed E-state index contributed by atoms with van der Waals surface area (Å²) >= 11 is 0. The van der Waals surface area contributed by atoms with Crippen molar-refractivity contribution in [1.29, 1.82) is 0 Å². The number of rotatable bonds is 2. The highest BCUT2D eigenvalue weighted by Gasteiger charge is 1.59. The van der Waals surface area contributed by atoms with Crippen molar-refractivity contribution in [3.63, 3.8) is 0 Å². The molecule has 0 rings (SSSR count). The van der Waals surface area contributed by atoms with Gasteiger partial charge in [-0.05, 0) is 12.5 Å². The lowest BCUT2D eigenvalue weighted by atomic mass is 10.4. The molecule has 0 spiro atoms. The molecule has 1 N–H and O–H groups in total. The van der Waals surface area contributed by atoms with Gasteiger partial charge in [0.05, 0.1) is 0 Å². The molecule has 0 heterocycles. The molecule has 0 aliphatic heterocycles. The fourth-order valence-corrected chi connectivity index (χ4v) is 0.247. The Morgan fingerprint density at radius 1 is 1.71 bits per heavy atom. The van der Waals surface area contributed by atoms with Gasteiger partial charge < -0.3 is 5.11 Å². The minimum absolute atomic E-state index is 0.998. The van der Waals surface area contributed by atoms with Crippen molar-refractivity contribution >= 4 is 0 Å². The molecule has 1 nitrogen and oxygen atoms in total. The number of aliphatic hydroxyl groups excluding tert-OH is 1. The van der Waals surface area contributed by atoms with E-state index in [2.05, 4.69) is 0 Å². The molecule has 7 heavy (non-hydrogen) atoms. The molecule has 0 saturated heterocycles. The van der Waals surface area contributed by atoms with Crippen molar-refractivity contribution in [2.24, 2.45) is 0 Å². The van der Waals surface area contributed by atoms with E-state index in [0.29, 0.717) is 0 Å². The maximum absolute atomic E-state index is 7.94.